The van der Waals surface area contributed by atoms with Gasteiger partial charge in [-0.15, -0.1) is 10.2 Å². The first kappa shape index (κ1) is 18.7. The summed E-state index contributed by atoms with van der Waals surface area (Å²) in [6.45, 7) is 5.83. The number of rotatable bonds is 3. The van der Waals surface area contributed by atoms with Crippen molar-refractivity contribution in [2.45, 2.75) is 32.2 Å². The van der Waals surface area contributed by atoms with Crippen molar-refractivity contribution in [2.24, 2.45) is 0 Å². The number of nitrogens with zero attached hydrogens (tertiary/aromatic N) is 5. The molecule has 2 saturated heterocycles. The van der Waals surface area contributed by atoms with Crippen molar-refractivity contribution in [2.75, 3.05) is 42.5 Å². The van der Waals surface area contributed by atoms with Crippen LogP contribution in [0.25, 0.3) is 0 Å². The Morgan fingerprint density at radius 2 is 1.75 bits per heavy atom. The largest absolute Gasteiger partial charge is 0.352 e. The van der Waals surface area contributed by atoms with Crippen molar-refractivity contribution < 1.29 is 9.18 Å². The van der Waals surface area contributed by atoms with Gasteiger partial charge in [0.1, 0.15) is 5.82 Å². The number of amides is 1. The number of benzene rings is 1. The summed E-state index contributed by atoms with van der Waals surface area (Å²) in [6, 6.07) is 10.4. The topological polar surface area (TPSA) is 52.6 Å². The van der Waals surface area contributed by atoms with Crippen molar-refractivity contribution in [3.8, 4) is 0 Å². The number of hydrogen-bond acceptors (Lipinski definition) is 5. The first-order chi connectivity index (χ1) is 13.6. The molecule has 6 nitrogen and oxygen atoms in total. The van der Waals surface area contributed by atoms with E-state index in [9.17, 15) is 9.18 Å². The molecule has 0 N–H and O–H groups in total. The minimum atomic E-state index is -0.386. The molecule has 7 heteroatoms. The Balaban J connectivity index is 1.36. The van der Waals surface area contributed by atoms with E-state index in [2.05, 4.69) is 33.0 Å². The molecule has 0 radical (unpaired) electrons. The molecule has 1 aromatic carbocycles. The van der Waals surface area contributed by atoms with E-state index in [1.54, 1.807) is 17.0 Å². The molecule has 0 saturated carbocycles. The Morgan fingerprint density at radius 3 is 2.43 bits per heavy atom. The Morgan fingerprint density at radius 1 is 1.00 bits per heavy atom. The summed E-state index contributed by atoms with van der Waals surface area (Å²) in [6.07, 6.45) is 3.68. The van der Waals surface area contributed by atoms with E-state index in [4.69, 9.17) is 0 Å². The Hall–Kier alpha value is -2.70. The highest BCUT2D eigenvalue weighted by Gasteiger charge is 2.24. The molecule has 1 unspecified atom stereocenters. The molecule has 4 rings (SSSR count). The standard InChI is InChI=1S/C21H26FN5O/c1-16-5-2-3-10-27(16)20-9-8-19(23-24-20)25-11-13-26(14-12-25)21(28)17-6-4-7-18(22)15-17/h4,6-9,15-16H,2-3,5,10-14H2,1H3. The van der Waals surface area contributed by atoms with Gasteiger partial charge in [0.25, 0.3) is 5.91 Å². The fourth-order valence-corrected chi connectivity index (χ4v) is 4.02. The summed E-state index contributed by atoms with van der Waals surface area (Å²) < 4.78 is 13.4. The van der Waals surface area contributed by atoms with Crippen molar-refractivity contribution in [1.82, 2.24) is 15.1 Å². The molecule has 2 aliphatic rings. The molecular formula is C21H26FN5O. The molecule has 0 spiro atoms. The van der Waals surface area contributed by atoms with Gasteiger partial charge in [0.05, 0.1) is 0 Å². The lowest BCUT2D eigenvalue weighted by atomic mass is 10.0. The van der Waals surface area contributed by atoms with E-state index >= 15 is 0 Å². The monoisotopic (exact) mass is 383 g/mol. The van der Waals surface area contributed by atoms with Crippen LogP contribution in [0.5, 0.6) is 0 Å². The van der Waals surface area contributed by atoms with Gasteiger partial charge in [-0.2, -0.15) is 0 Å². The van der Waals surface area contributed by atoms with Gasteiger partial charge in [-0.1, -0.05) is 6.07 Å². The molecule has 1 aromatic heterocycles. The zero-order chi connectivity index (χ0) is 19.5. The maximum absolute atomic E-state index is 13.4. The van der Waals surface area contributed by atoms with Crippen LogP contribution in [0.3, 0.4) is 0 Å². The first-order valence-electron chi connectivity index (χ1n) is 10.0. The minimum Gasteiger partial charge on any atom is -0.352 e. The average Bonchev–Trinajstić information content (AvgIpc) is 2.74. The SMILES string of the molecule is CC1CCCCN1c1ccc(N2CCN(C(=O)c3cccc(F)c3)CC2)nn1. The number of carbonyl (C=O) groups is 1. The number of piperazine rings is 1. The second-order valence-corrected chi connectivity index (χ2v) is 7.58. The summed E-state index contributed by atoms with van der Waals surface area (Å²) in [5.41, 5.74) is 0.397. The molecule has 3 heterocycles. The lowest BCUT2D eigenvalue weighted by Gasteiger charge is -2.36. The number of anilines is 2. The fraction of sp³-hybridized carbons (Fsp3) is 0.476. The predicted octanol–water partition coefficient (Wildman–Crippen LogP) is 2.96. The molecule has 0 aliphatic carbocycles. The quantitative estimate of drug-likeness (QED) is 0.816. The van der Waals surface area contributed by atoms with Crippen LogP contribution in [0.2, 0.25) is 0 Å². The second kappa shape index (κ2) is 8.12. The first-order valence-corrected chi connectivity index (χ1v) is 10.0. The number of aromatic nitrogens is 2. The van der Waals surface area contributed by atoms with Crippen LogP contribution in [0.1, 0.15) is 36.5 Å². The Kier molecular flexibility index (Phi) is 5.41. The summed E-state index contributed by atoms with van der Waals surface area (Å²) in [4.78, 5) is 18.8. The minimum absolute atomic E-state index is 0.125. The van der Waals surface area contributed by atoms with Crippen LogP contribution in [-0.4, -0.2) is 59.8 Å². The summed E-state index contributed by atoms with van der Waals surface area (Å²) in [5.74, 6) is 1.27. The lowest BCUT2D eigenvalue weighted by molar-refractivity contribution is 0.0746. The van der Waals surface area contributed by atoms with Gasteiger partial charge >= 0.3 is 0 Å². The third-order valence-corrected chi connectivity index (χ3v) is 5.70. The van der Waals surface area contributed by atoms with Crippen LogP contribution in [0.15, 0.2) is 36.4 Å². The molecule has 28 heavy (non-hydrogen) atoms. The molecule has 2 aromatic rings. The molecule has 1 atom stereocenters. The van der Waals surface area contributed by atoms with Crippen LogP contribution >= 0.6 is 0 Å². The van der Waals surface area contributed by atoms with Gasteiger partial charge in [-0.3, -0.25) is 4.79 Å². The van der Waals surface area contributed by atoms with Crippen LogP contribution in [0.4, 0.5) is 16.0 Å². The summed E-state index contributed by atoms with van der Waals surface area (Å²) >= 11 is 0. The molecule has 148 valence electrons. The highest BCUT2D eigenvalue weighted by atomic mass is 19.1. The van der Waals surface area contributed by atoms with Gasteiger partial charge in [-0.25, -0.2) is 4.39 Å². The van der Waals surface area contributed by atoms with E-state index in [-0.39, 0.29) is 11.7 Å². The molecule has 2 aliphatic heterocycles. The Labute approximate surface area is 165 Å². The number of piperidine rings is 1. The van der Waals surface area contributed by atoms with Crippen LogP contribution < -0.4 is 9.80 Å². The second-order valence-electron chi connectivity index (χ2n) is 7.58. The van der Waals surface area contributed by atoms with Crippen molar-refractivity contribution in [1.29, 1.82) is 0 Å². The summed E-state index contributed by atoms with van der Waals surface area (Å²) in [7, 11) is 0. The highest BCUT2D eigenvalue weighted by Crippen LogP contribution is 2.24. The molecular weight excluding hydrogens is 357 g/mol. The smallest absolute Gasteiger partial charge is 0.254 e. The maximum atomic E-state index is 13.4. The van der Waals surface area contributed by atoms with Gasteiger partial charge in [-0.05, 0) is 56.5 Å². The molecule has 1 amide bonds. The van der Waals surface area contributed by atoms with E-state index in [1.807, 2.05) is 6.07 Å². The number of hydrogen-bond donors (Lipinski definition) is 0. The third-order valence-electron chi connectivity index (χ3n) is 5.70. The van der Waals surface area contributed by atoms with E-state index in [0.717, 1.165) is 18.2 Å². The third kappa shape index (κ3) is 3.93. The zero-order valence-corrected chi connectivity index (χ0v) is 16.2. The zero-order valence-electron chi connectivity index (χ0n) is 16.2. The highest BCUT2D eigenvalue weighted by molar-refractivity contribution is 5.94. The van der Waals surface area contributed by atoms with Gasteiger partial charge in [0, 0.05) is 44.3 Å². The average molecular weight is 383 g/mol. The van der Waals surface area contributed by atoms with Crippen molar-refractivity contribution in [3.63, 3.8) is 0 Å². The van der Waals surface area contributed by atoms with Gasteiger partial charge in [0.2, 0.25) is 0 Å². The van der Waals surface area contributed by atoms with Gasteiger partial charge < -0.3 is 14.7 Å². The predicted molar refractivity (Wildman–Crippen MR) is 107 cm³/mol. The van der Waals surface area contributed by atoms with Crippen LogP contribution in [-0.2, 0) is 0 Å². The van der Waals surface area contributed by atoms with E-state index in [1.165, 1.54) is 31.4 Å². The van der Waals surface area contributed by atoms with E-state index < -0.39 is 0 Å². The molecule has 2 fully saturated rings. The lowest BCUT2D eigenvalue weighted by Crippen LogP contribution is -2.49. The molecule has 0 bridgehead atoms. The van der Waals surface area contributed by atoms with Gasteiger partial charge in [0.15, 0.2) is 11.6 Å². The fourth-order valence-electron chi connectivity index (χ4n) is 4.02. The normalized spacial score (nSPS) is 20.4. The number of carbonyl (C=O) groups excluding carboxylic acids is 1. The maximum Gasteiger partial charge on any atom is 0.254 e. The summed E-state index contributed by atoms with van der Waals surface area (Å²) in [5, 5.41) is 8.88. The van der Waals surface area contributed by atoms with Crippen molar-refractivity contribution in [3.05, 3.63) is 47.8 Å². The van der Waals surface area contributed by atoms with Crippen LogP contribution in [0, 0.1) is 5.82 Å². The van der Waals surface area contributed by atoms with Crippen molar-refractivity contribution >= 4 is 17.5 Å². The Bertz CT molecular complexity index is 820. The number of halogens is 1. The van der Waals surface area contributed by atoms with E-state index in [0.29, 0.717) is 37.8 Å².